The molecule has 1 heterocycles. The molecular formula is C17H24NO6P. The highest BCUT2D eigenvalue weighted by Crippen LogP contribution is 2.56. The summed E-state index contributed by atoms with van der Waals surface area (Å²) in [6.45, 7) is 5.40. The lowest BCUT2D eigenvalue weighted by Crippen LogP contribution is -2.39. The van der Waals surface area contributed by atoms with E-state index in [1.165, 1.54) is 7.11 Å². The van der Waals surface area contributed by atoms with Gasteiger partial charge in [-0.2, -0.15) is 0 Å². The number of benzene rings is 1. The molecule has 1 N–H and O–H groups in total. The molecule has 1 aliphatic rings. The Morgan fingerprint density at radius 1 is 1.32 bits per heavy atom. The lowest BCUT2D eigenvalue weighted by atomic mass is 10.1. The Hall–Kier alpha value is -1.85. The van der Waals surface area contributed by atoms with E-state index in [4.69, 9.17) is 9.05 Å². The maximum atomic E-state index is 12.4. The summed E-state index contributed by atoms with van der Waals surface area (Å²) in [7, 11) is -1.82. The number of nitrogens with one attached hydrogen (secondary N) is 1. The fraction of sp³-hybridized carbons (Fsp3) is 0.529. The van der Waals surface area contributed by atoms with Crippen molar-refractivity contribution in [2.75, 3.05) is 7.11 Å². The Balaban J connectivity index is 1.94. The number of esters is 1. The first-order chi connectivity index (χ1) is 11.7. The Bertz CT molecular complexity index is 702. The second-order valence-corrected chi connectivity index (χ2v) is 8.81. The van der Waals surface area contributed by atoms with Crippen molar-refractivity contribution in [3.05, 3.63) is 29.3 Å². The van der Waals surface area contributed by atoms with Gasteiger partial charge in [-0.15, -0.1) is 0 Å². The van der Waals surface area contributed by atoms with E-state index in [2.05, 4.69) is 10.1 Å². The third-order valence-corrected chi connectivity index (χ3v) is 6.16. The molecule has 1 aromatic carbocycles. The number of fused-ring (bicyclic) bond motifs is 1. The van der Waals surface area contributed by atoms with Gasteiger partial charge in [0.1, 0.15) is 11.8 Å². The number of rotatable bonds is 6. The van der Waals surface area contributed by atoms with Gasteiger partial charge >= 0.3 is 13.6 Å². The van der Waals surface area contributed by atoms with Crippen molar-refractivity contribution in [2.24, 2.45) is 0 Å². The minimum absolute atomic E-state index is 0.208. The van der Waals surface area contributed by atoms with Gasteiger partial charge in [0.15, 0.2) is 0 Å². The van der Waals surface area contributed by atoms with Crippen molar-refractivity contribution in [3.8, 4) is 5.75 Å². The van der Waals surface area contributed by atoms with Crippen LogP contribution in [-0.4, -0.2) is 30.7 Å². The predicted molar refractivity (Wildman–Crippen MR) is 92.5 cm³/mol. The van der Waals surface area contributed by atoms with Crippen LogP contribution in [0.15, 0.2) is 18.2 Å². The monoisotopic (exact) mass is 369 g/mol. The van der Waals surface area contributed by atoms with E-state index in [1.54, 1.807) is 26.8 Å². The van der Waals surface area contributed by atoms with Crippen LogP contribution in [0.4, 0.5) is 0 Å². The van der Waals surface area contributed by atoms with Gasteiger partial charge in [0.25, 0.3) is 0 Å². The Kier molecular flexibility index (Phi) is 6.25. The highest BCUT2D eigenvalue weighted by molar-refractivity contribution is 7.55. The summed E-state index contributed by atoms with van der Waals surface area (Å²) in [6, 6.07) is 4.81. The van der Waals surface area contributed by atoms with Gasteiger partial charge in [-0.05, 0) is 31.0 Å². The number of carbonyl (C=O) groups excluding carboxylic acids is 2. The van der Waals surface area contributed by atoms with Gasteiger partial charge in [0.2, 0.25) is 5.91 Å². The number of amides is 1. The zero-order valence-electron chi connectivity index (χ0n) is 14.9. The van der Waals surface area contributed by atoms with Crippen molar-refractivity contribution >= 4 is 19.5 Å². The van der Waals surface area contributed by atoms with Gasteiger partial charge < -0.3 is 14.6 Å². The molecule has 0 bridgehead atoms. The van der Waals surface area contributed by atoms with Gasteiger partial charge in [-0.3, -0.25) is 9.32 Å². The second-order valence-electron chi connectivity index (χ2n) is 6.25. The molecule has 0 aromatic heterocycles. The van der Waals surface area contributed by atoms with Crippen LogP contribution in [-0.2, 0) is 36.4 Å². The Morgan fingerprint density at radius 2 is 2.04 bits per heavy atom. The van der Waals surface area contributed by atoms with E-state index in [-0.39, 0.29) is 24.6 Å². The molecule has 1 aromatic rings. The average molecular weight is 369 g/mol. The highest BCUT2D eigenvalue weighted by atomic mass is 31.2. The fourth-order valence-corrected chi connectivity index (χ4v) is 3.71. The van der Waals surface area contributed by atoms with Gasteiger partial charge in [-0.25, -0.2) is 9.36 Å². The number of hydrogen-bond acceptors (Lipinski definition) is 6. The Morgan fingerprint density at radius 3 is 2.68 bits per heavy atom. The fourth-order valence-electron chi connectivity index (χ4n) is 2.37. The van der Waals surface area contributed by atoms with Crippen molar-refractivity contribution in [2.45, 2.75) is 51.9 Å². The number of aryl methyl sites for hydroxylation is 1. The van der Waals surface area contributed by atoms with Crippen molar-refractivity contribution in [1.29, 1.82) is 0 Å². The number of carbonyl (C=O) groups is 2. The van der Waals surface area contributed by atoms with Crippen LogP contribution >= 0.6 is 7.60 Å². The summed E-state index contributed by atoms with van der Waals surface area (Å²) in [6.07, 6.45) is 0.751. The molecule has 0 saturated carbocycles. The zero-order valence-corrected chi connectivity index (χ0v) is 15.8. The molecule has 0 aliphatic carbocycles. The molecule has 1 aliphatic heterocycles. The molecule has 8 heteroatoms. The molecule has 1 amide bonds. The predicted octanol–water partition coefficient (Wildman–Crippen LogP) is 2.81. The van der Waals surface area contributed by atoms with E-state index in [9.17, 15) is 14.2 Å². The van der Waals surface area contributed by atoms with E-state index in [0.717, 1.165) is 11.1 Å². The molecule has 0 fully saturated rings. The SMILES string of the molecule is COC(=O)C(C)NC(=O)CCc1ccc2c(c1)COP(=O)(C(C)C)O2. The second kappa shape index (κ2) is 8.02. The standard InChI is InChI=1S/C17H24NO6P/c1-11(2)25(21)23-10-14-9-13(5-7-15(14)24-25)6-8-16(19)18-12(3)17(20)22-4/h5,7,9,11-12H,6,8,10H2,1-4H3,(H,18,19). The molecule has 0 saturated heterocycles. The smallest absolute Gasteiger partial charge is 0.382 e. The summed E-state index contributed by atoms with van der Waals surface area (Å²) >= 11 is 0. The molecule has 25 heavy (non-hydrogen) atoms. The third-order valence-electron chi connectivity index (χ3n) is 3.96. The summed E-state index contributed by atoms with van der Waals surface area (Å²) in [5, 5.41) is 2.59. The number of hydrogen-bond donors (Lipinski definition) is 1. The number of methoxy groups -OCH3 is 1. The van der Waals surface area contributed by atoms with Crippen LogP contribution < -0.4 is 9.84 Å². The van der Waals surface area contributed by atoms with Gasteiger partial charge in [0, 0.05) is 12.0 Å². The quantitative estimate of drug-likeness (QED) is 0.612. The van der Waals surface area contributed by atoms with Gasteiger partial charge in [0.05, 0.1) is 19.4 Å². The van der Waals surface area contributed by atoms with Crippen LogP contribution in [0, 0.1) is 0 Å². The first-order valence-electron chi connectivity index (χ1n) is 8.18. The molecule has 2 atom stereocenters. The van der Waals surface area contributed by atoms with Crippen LogP contribution in [0.1, 0.15) is 38.3 Å². The molecule has 138 valence electrons. The van der Waals surface area contributed by atoms with E-state index >= 15 is 0 Å². The van der Waals surface area contributed by atoms with E-state index in [1.807, 2.05) is 12.1 Å². The average Bonchev–Trinajstić information content (AvgIpc) is 2.58. The van der Waals surface area contributed by atoms with Crippen LogP contribution in [0.2, 0.25) is 0 Å². The molecule has 7 nitrogen and oxygen atoms in total. The van der Waals surface area contributed by atoms with Gasteiger partial charge in [-0.1, -0.05) is 19.9 Å². The summed E-state index contributed by atoms with van der Waals surface area (Å²) in [5.74, 6) is -0.144. The lowest BCUT2D eigenvalue weighted by molar-refractivity contribution is -0.144. The molecular weight excluding hydrogens is 345 g/mol. The summed E-state index contributed by atoms with van der Waals surface area (Å²) < 4.78 is 28.0. The summed E-state index contributed by atoms with van der Waals surface area (Å²) in [5.41, 5.74) is 1.54. The first kappa shape index (κ1) is 19.5. The zero-order chi connectivity index (χ0) is 18.6. The first-order valence-corrected chi connectivity index (χ1v) is 9.79. The van der Waals surface area contributed by atoms with E-state index in [0.29, 0.717) is 12.2 Å². The highest BCUT2D eigenvalue weighted by Gasteiger charge is 2.35. The third kappa shape index (κ3) is 4.83. The normalized spacial score (nSPS) is 20.4. The van der Waals surface area contributed by atoms with E-state index < -0.39 is 19.6 Å². The maximum absolute atomic E-state index is 12.4. The molecule has 2 rings (SSSR count). The largest absolute Gasteiger partial charge is 0.467 e. The topological polar surface area (TPSA) is 90.9 Å². The number of ether oxygens (including phenoxy) is 1. The summed E-state index contributed by atoms with van der Waals surface area (Å²) in [4.78, 5) is 23.2. The van der Waals surface area contributed by atoms with Crippen LogP contribution in [0.5, 0.6) is 5.75 Å². The minimum atomic E-state index is -3.10. The van der Waals surface area contributed by atoms with Crippen molar-refractivity contribution in [3.63, 3.8) is 0 Å². The lowest BCUT2D eigenvalue weighted by Gasteiger charge is -2.28. The minimum Gasteiger partial charge on any atom is -0.467 e. The maximum Gasteiger partial charge on any atom is 0.382 e. The Labute approximate surface area is 147 Å². The molecule has 0 spiro atoms. The molecule has 0 radical (unpaired) electrons. The van der Waals surface area contributed by atoms with Crippen molar-refractivity contribution < 1.29 is 27.9 Å². The van der Waals surface area contributed by atoms with Crippen LogP contribution in [0.3, 0.4) is 0 Å². The van der Waals surface area contributed by atoms with Crippen LogP contribution in [0.25, 0.3) is 0 Å². The molecule has 2 unspecified atom stereocenters. The van der Waals surface area contributed by atoms with Crippen molar-refractivity contribution in [1.82, 2.24) is 5.32 Å².